The summed E-state index contributed by atoms with van der Waals surface area (Å²) in [6, 6.07) is 0.255. The van der Waals surface area contributed by atoms with Crippen LogP contribution in [0, 0.1) is 5.41 Å². The molecule has 0 saturated heterocycles. The SMILES string of the molecule is CC1(C)CCC(NC(=O)n2ccnc2)CC1. The highest BCUT2D eigenvalue weighted by atomic mass is 16.2. The van der Waals surface area contributed by atoms with Crippen molar-refractivity contribution in [2.45, 2.75) is 45.6 Å². The zero-order valence-electron chi connectivity index (χ0n) is 9.94. The molecule has 1 amide bonds. The summed E-state index contributed by atoms with van der Waals surface area (Å²) in [5.74, 6) is 0. The van der Waals surface area contributed by atoms with E-state index in [0.717, 1.165) is 12.8 Å². The van der Waals surface area contributed by atoms with Crippen LogP contribution in [0.25, 0.3) is 0 Å². The van der Waals surface area contributed by atoms with E-state index in [4.69, 9.17) is 0 Å². The number of aromatic nitrogens is 2. The lowest BCUT2D eigenvalue weighted by Gasteiger charge is -2.34. The van der Waals surface area contributed by atoms with Gasteiger partial charge in [-0.05, 0) is 31.1 Å². The van der Waals surface area contributed by atoms with Crippen molar-refractivity contribution in [1.82, 2.24) is 14.9 Å². The molecule has 0 spiro atoms. The molecule has 2 rings (SSSR count). The molecule has 88 valence electrons. The van der Waals surface area contributed by atoms with E-state index in [1.54, 1.807) is 12.4 Å². The van der Waals surface area contributed by atoms with E-state index in [1.807, 2.05) is 0 Å². The van der Waals surface area contributed by atoms with Crippen molar-refractivity contribution in [3.8, 4) is 0 Å². The molecule has 1 N–H and O–H groups in total. The number of amides is 1. The summed E-state index contributed by atoms with van der Waals surface area (Å²) < 4.78 is 1.49. The van der Waals surface area contributed by atoms with Crippen molar-refractivity contribution < 1.29 is 4.79 Å². The largest absolute Gasteiger partial charge is 0.335 e. The second-order valence-corrected chi connectivity index (χ2v) is 5.36. The van der Waals surface area contributed by atoms with Crippen molar-refractivity contribution >= 4 is 6.03 Å². The summed E-state index contributed by atoms with van der Waals surface area (Å²) in [4.78, 5) is 15.6. The maximum Gasteiger partial charge on any atom is 0.327 e. The molecule has 1 aromatic rings. The van der Waals surface area contributed by atoms with Crippen molar-refractivity contribution in [2.75, 3.05) is 0 Å². The van der Waals surface area contributed by atoms with Crippen LogP contribution in [0.4, 0.5) is 4.79 Å². The Hall–Kier alpha value is -1.32. The molecular weight excluding hydrogens is 202 g/mol. The first kappa shape index (κ1) is 11.2. The maximum absolute atomic E-state index is 11.7. The Morgan fingerprint density at radius 1 is 1.44 bits per heavy atom. The zero-order valence-corrected chi connectivity index (χ0v) is 9.94. The molecule has 0 unspecified atom stereocenters. The van der Waals surface area contributed by atoms with Crippen molar-refractivity contribution in [2.24, 2.45) is 5.41 Å². The fraction of sp³-hybridized carbons (Fsp3) is 0.667. The predicted octanol–water partition coefficient (Wildman–Crippen LogP) is 2.41. The highest BCUT2D eigenvalue weighted by molar-refractivity contribution is 5.76. The van der Waals surface area contributed by atoms with Gasteiger partial charge in [0.15, 0.2) is 0 Å². The van der Waals surface area contributed by atoms with Gasteiger partial charge < -0.3 is 5.32 Å². The molecule has 1 aliphatic carbocycles. The lowest BCUT2D eigenvalue weighted by atomic mass is 9.76. The minimum absolute atomic E-state index is 0.0674. The third-order valence-electron chi connectivity index (χ3n) is 3.41. The standard InChI is InChI=1S/C12H19N3O/c1-12(2)5-3-10(4-6-12)14-11(16)15-8-7-13-9-15/h7-10H,3-6H2,1-2H3,(H,14,16). The van der Waals surface area contributed by atoms with Gasteiger partial charge in [0.05, 0.1) is 0 Å². The molecule has 16 heavy (non-hydrogen) atoms. The molecule has 1 fully saturated rings. The summed E-state index contributed by atoms with van der Waals surface area (Å²) in [6.45, 7) is 4.59. The average molecular weight is 221 g/mol. The molecule has 0 aliphatic heterocycles. The van der Waals surface area contributed by atoms with Crippen LogP contribution < -0.4 is 5.32 Å². The van der Waals surface area contributed by atoms with Crippen LogP contribution in [0.3, 0.4) is 0 Å². The Kier molecular flexibility index (Phi) is 2.99. The van der Waals surface area contributed by atoms with Gasteiger partial charge in [0.2, 0.25) is 0 Å². The highest BCUT2D eigenvalue weighted by Crippen LogP contribution is 2.34. The number of imidazole rings is 1. The smallest absolute Gasteiger partial charge is 0.327 e. The number of nitrogens with one attached hydrogen (secondary N) is 1. The normalized spacial score (nSPS) is 20.6. The summed E-state index contributed by atoms with van der Waals surface area (Å²) in [7, 11) is 0. The molecule has 0 atom stereocenters. The zero-order chi connectivity index (χ0) is 11.6. The molecule has 0 radical (unpaired) electrons. The third-order valence-corrected chi connectivity index (χ3v) is 3.41. The minimum atomic E-state index is -0.0674. The first-order valence-corrected chi connectivity index (χ1v) is 5.86. The topological polar surface area (TPSA) is 46.9 Å². The summed E-state index contributed by atoms with van der Waals surface area (Å²) in [5.41, 5.74) is 0.441. The van der Waals surface area contributed by atoms with Crippen LogP contribution in [-0.2, 0) is 0 Å². The van der Waals surface area contributed by atoms with Gasteiger partial charge >= 0.3 is 6.03 Å². The Morgan fingerprint density at radius 3 is 2.69 bits per heavy atom. The molecule has 1 saturated carbocycles. The van der Waals surface area contributed by atoms with E-state index >= 15 is 0 Å². The van der Waals surface area contributed by atoms with Gasteiger partial charge in [0.1, 0.15) is 6.33 Å². The fourth-order valence-corrected chi connectivity index (χ4v) is 2.17. The molecule has 0 bridgehead atoms. The van der Waals surface area contributed by atoms with Gasteiger partial charge in [0, 0.05) is 18.4 Å². The second kappa shape index (κ2) is 4.28. The lowest BCUT2D eigenvalue weighted by molar-refractivity contribution is 0.198. The van der Waals surface area contributed by atoms with Crippen LogP contribution in [0.15, 0.2) is 18.7 Å². The summed E-state index contributed by atoms with van der Waals surface area (Å²) in [5, 5.41) is 3.04. The average Bonchev–Trinajstić information content (AvgIpc) is 2.74. The van der Waals surface area contributed by atoms with Gasteiger partial charge in [0.25, 0.3) is 0 Å². The molecule has 0 aromatic carbocycles. The van der Waals surface area contributed by atoms with Crippen molar-refractivity contribution in [3.05, 3.63) is 18.7 Å². The van der Waals surface area contributed by atoms with Crippen LogP contribution in [0.2, 0.25) is 0 Å². The number of rotatable bonds is 1. The Labute approximate surface area is 96.1 Å². The van der Waals surface area contributed by atoms with Crippen LogP contribution in [0.5, 0.6) is 0 Å². The van der Waals surface area contributed by atoms with E-state index in [-0.39, 0.29) is 6.03 Å². The van der Waals surface area contributed by atoms with Gasteiger partial charge in [-0.15, -0.1) is 0 Å². The van der Waals surface area contributed by atoms with E-state index in [1.165, 1.54) is 23.7 Å². The first-order valence-electron chi connectivity index (χ1n) is 5.86. The van der Waals surface area contributed by atoms with Crippen LogP contribution in [0.1, 0.15) is 39.5 Å². The molecule has 1 heterocycles. The van der Waals surface area contributed by atoms with E-state index in [2.05, 4.69) is 24.1 Å². The van der Waals surface area contributed by atoms with E-state index in [0.29, 0.717) is 11.5 Å². The molecular formula is C12H19N3O. The Bertz CT molecular complexity index is 346. The summed E-state index contributed by atoms with van der Waals surface area (Å²) >= 11 is 0. The van der Waals surface area contributed by atoms with Crippen LogP contribution >= 0.6 is 0 Å². The van der Waals surface area contributed by atoms with Crippen molar-refractivity contribution in [1.29, 1.82) is 0 Å². The Balaban J connectivity index is 1.85. The number of hydrogen-bond donors (Lipinski definition) is 1. The fourth-order valence-electron chi connectivity index (χ4n) is 2.17. The number of hydrogen-bond acceptors (Lipinski definition) is 2. The molecule has 4 heteroatoms. The molecule has 1 aromatic heterocycles. The third kappa shape index (κ3) is 2.62. The number of carbonyl (C=O) groups excluding carboxylic acids is 1. The van der Waals surface area contributed by atoms with Gasteiger partial charge in [-0.3, -0.25) is 4.57 Å². The minimum Gasteiger partial charge on any atom is -0.335 e. The lowest BCUT2D eigenvalue weighted by Crippen LogP contribution is -2.40. The maximum atomic E-state index is 11.7. The van der Waals surface area contributed by atoms with E-state index in [9.17, 15) is 4.79 Å². The monoisotopic (exact) mass is 221 g/mol. The Morgan fingerprint density at radius 2 is 2.12 bits per heavy atom. The molecule has 1 aliphatic rings. The van der Waals surface area contributed by atoms with Crippen LogP contribution in [-0.4, -0.2) is 21.6 Å². The van der Waals surface area contributed by atoms with E-state index < -0.39 is 0 Å². The van der Waals surface area contributed by atoms with Gasteiger partial charge in [-0.1, -0.05) is 13.8 Å². The predicted molar refractivity (Wildman–Crippen MR) is 62.2 cm³/mol. The molecule has 4 nitrogen and oxygen atoms in total. The number of carbonyl (C=O) groups is 1. The highest BCUT2D eigenvalue weighted by Gasteiger charge is 2.27. The quantitative estimate of drug-likeness (QED) is 0.791. The number of nitrogens with zero attached hydrogens (tertiary/aromatic N) is 2. The first-order chi connectivity index (χ1) is 7.57. The second-order valence-electron chi connectivity index (χ2n) is 5.36. The van der Waals surface area contributed by atoms with Crippen molar-refractivity contribution in [3.63, 3.8) is 0 Å². The van der Waals surface area contributed by atoms with Gasteiger partial charge in [-0.25, -0.2) is 9.78 Å². The van der Waals surface area contributed by atoms with Gasteiger partial charge in [-0.2, -0.15) is 0 Å². The summed E-state index contributed by atoms with van der Waals surface area (Å²) in [6.07, 6.45) is 9.33.